The van der Waals surface area contributed by atoms with Crippen LogP contribution in [0.5, 0.6) is 0 Å². The molecule has 1 atom stereocenters. The lowest BCUT2D eigenvalue weighted by Crippen LogP contribution is -2.47. The number of hydrogen-bond acceptors (Lipinski definition) is 3. The Labute approximate surface area is 166 Å². The first-order chi connectivity index (χ1) is 13.0. The van der Waals surface area contributed by atoms with Crippen LogP contribution in [0, 0.1) is 4.77 Å². The Morgan fingerprint density at radius 2 is 1.96 bits per heavy atom. The number of amides is 1. The molecule has 0 spiro atoms. The second-order valence-corrected chi connectivity index (χ2v) is 8.13. The molecule has 1 saturated heterocycles. The topological polar surface area (TPSA) is 53.9 Å². The van der Waals surface area contributed by atoms with Gasteiger partial charge in [-0.15, -0.1) is 0 Å². The van der Waals surface area contributed by atoms with E-state index in [1.54, 1.807) is 29.4 Å². The lowest BCUT2D eigenvalue weighted by molar-refractivity contribution is -0.139. The van der Waals surface area contributed by atoms with Crippen LogP contribution in [0.1, 0.15) is 49.6 Å². The van der Waals surface area contributed by atoms with Crippen molar-refractivity contribution in [2.24, 2.45) is 7.05 Å². The van der Waals surface area contributed by atoms with Crippen LogP contribution in [-0.2, 0) is 23.4 Å². The standard InChI is InChI=1S/C19H23F3N4OS/c1-18(2,13-7-4-8-14(10-13)19(20,21)22)16(27)26-9-5-6-12(11-26)15-23-24-17(28)25(15)3/h4,7-8,10,12H,5-6,9,11H2,1-3H3,(H,24,28). The Balaban J connectivity index is 1.84. The summed E-state index contributed by atoms with van der Waals surface area (Å²) in [5.41, 5.74) is -1.46. The van der Waals surface area contributed by atoms with Crippen LogP contribution in [0.15, 0.2) is 24.3 Å². The molecule has 1 aliphatic heterocycles. The zero-order valence-corrected chi connectivity index (χ0v) is 16.8. The van der Waals surface area contributed by atoms with Crippen LogP contribution in [-0.4, -0.2) is 38.7 Å². The van der Waals surface area contributed by atoms with Gasteiger partial charge in [0.15, 0.2) is 4.77 Å². The van der Waals surface area contributed by atoms with Gasteiger partial charge in [0.2, 0.25) is 5.91 Å². The molecule has 0 radical (unpaired) electrons. The quantitative estimate of drug-likeness (QED) is 0.770. The van der Waals surface area contributed by atoms with Crippen molar-refractivity contribution >= 4 is 18.1 Å². The predicted molar refractivity (Wildman–Crippen MR) is 101 cm³/mol. The number of likely N-dealkylation sites (tertiary alicyclic amines) is 1. The fraction of sp³-hybridized carbons (Fsp3) is 0.526. The van der Waals surface area contributed by atoms with Gasteiger partial charge < -0.3 is 9.47 Å². The van der Waals surface area contributed by atoms with Crippen molar-refractivity contribution in [3.05, 3.63) is 46.0 Å². The molecule has 1 aromatic carbocycles. The van der Waals surface area contributed by atoms with E-state index in [1.165, 1.54) is 6.07 Å². The van der Waals surface area contributed by atoms with Gasteiger partial charge in [0.05, 0.1) is 11.0 Å². The molecule has 3 rings (SSSR count). The number of halogens is 3. The van der Waals surface area contributed by atoms with Gasteiger partial charge >= 0.3 is 6.18 Å². The average molecular weight is 412 g/mol. The van der Waals surface area contributed by atoms with Crippen LogP contribution < -0.4 is 0 Å². The molecule has 1 aliphatic rings. The van der Waals surface area contributed by atoms with Crippen molar-refractivity contribution in [3.8, 4) is 0 Å². The molecule has 9 heteroatoms. The molecular weight excluding hydrogens is 389 g/mol. The molecule has 1 aromatic heterocycles. The summed E-state index contributed by atoms with van der Waals surface area (Å²) in [7, 11) is 1.83. The lowest BCUT2D eigenvalue weighted by Gasteiger charge is -2.37. The molecule has 0 aliphatic carbocycles. The first-order valence-electron chi connectivity index (χ1n) is 9.10. The molecule has 1 N–H and O–H groups in total. The number of benzene rings is 1. The lowest BCUT2D eigenvalue weighted by atomic mass is 9.81. The highest BCUT2D eigenvalue weighted by molar-refractivity contribution is 7.71. The summed E-state index contributed by atoms with van der Waals surface area (Å²) in [5, 5.41) is 7.04. The Bertz CT molecular complexity index is 932. The number of aromatic amines is 1. The number of nitrogens with zero attached hydrogens (tertiary/aromatic N) is 3. The van der Waals surface area contributed by atoms with Gasteiger partial charge in [0.1, 0.15) is 5.82 Å². The molecule has 152 valence electrons. The van der Waals surface area contributed by atoms with Crippen LogP contribution >= 0.6 is 12.2 Å². The summed E-state index contributed by atoms with van der Waals surface area (Å²) in [6.07, 6.45) is -2.77. The van der Waals surface area contributed by atoms with E-state index in [2.05, 4.69) is 10.2 Å². The fourth-order valence-corrected chi connectivity index (χ4v) is 3.84. The van der Waals surface area contributed by atoms with Gasteiger partial charge in [-0.05, 0) is 50.5 Å². The summed E-state index contributed by atoms with van der Waals surface area (Å²) in [4.78, 5) is 15.0. The van der Waals surface area contributed by atoms with Crippen molar-refractivity contribution < 1.29 is 18.0 Å². The zero-order valence-electron chi connectivity index (χ0n) is 16.0. The molecule has 2 aromatic rings. The normalized spacial score (nSPS) is 18.4. The smallest absolute Gasteiger partial charge is 0.341 e. The SMILES string of the molecule is Cn1c(C2CCCN(C(=O)C(C)(C)c3cccc(C(F)(F)F)c3)C2)n[nH]c1=S. The Hall–Kier alpha value is -2.16. The zero-order chi connectivity index (χ0) is 20.7. The largest absolute Gasteiger partial charge is 0.416 e. The predicted octanol–water partition coefficient (Wildman–Crippen LogP) is 4.18. The highest BCUT2D eigenvalue weighted by Gasteiger charge is 2.38. The maximum Gasteiger partial charge on any atom is 0.416 e. The number of alkyl halides is 3. The first kappa shape index (κ1) is 20.6. The van der Waals surface area contributed by atoms with Gasteiger partial charge in [0.25, 0.3) is 0 Å². The molecule has 1 fully saturated rings. The van der Waals surface area contributed by atoms with Crippen LogP contribution in [0.4, 0.5) is 13.2 Å². The summed E-state index contributed by atoms with van der Waals surface area (Å²) < 4.78 is 41.5. The van der Waals surface area contributed by atoms with E-state index in [-0.39, 0.29) is 11.8 Å². The summed E-state index contributed by atoms with van der Waals surface area (Å²) in [6, 6.07) is 5.01. The van der Waals surface area contributed by atoms with E-state index in [4.69, 9.17) is 12.2 Å². The third-order valence-electron chi connectivity index (χ3n) is 5.43. The fourth-order valence-electron chi connectivity index (χ4n) is 3.70. The molecule has 0 bridgehead atoms. The average Bonchev–Trinajstić information content (AvgIpc) is 2.99. The van der Waals surface area contributed by atoms with Gasteiger partial charge in [-0.25, -0.2) is 0 Å². The van der Waals surface area contributed by atoms with Gasteiger partial charge in [-0.3, -0.25) is 9.89 Å². The Morgan fingerprint density at radius 3 is 2.57 bits per heavy atom. The maximum atomic E-state index is 13.2. The number of hydrogen-bond donors (Lipinski definition) is 1. The van der Waals surface area contributed by atoms with E-state index >= 15 is 0 Å². The van der Waals surface area contributed by atoms with E-state index in [9.17, 15) is 18.0 Å². The van der Waals surface area contributed by atoms with Crippen molar-refractivity contribution in [3.63, 3.8) is 0 Å². The highest BCUT2D eigenvalue weighted by Crippen LogP contribution is 2.35. The molecule has 2 heterocycles. The number of aromatic nitrogens is 3. The molecular formula is C19H23F3N4OS. The summed E-state index contributed by atoms with van der Waals surface area (Å²) >= 11 is 5.16. The van der Waals surface area contributed by atoms with Crippen molar-refractivity contribution in [1.82, 2.24) is 19.7 Å². The van der Waals surface area contributed by atoms with Gasteiger partial charge in [-0.2, -0.15) is 18.3 Å². The third kappa shape index (κ3) is 3.85. The van der Waals surface area contributed by atoms with E-state index in [0.29, 0.717) is 23.4 Å². The minimum atomic E-state index is -4.44. The minimum absolute atomic E-state index is 0.0351. The van der Waals surface area contributed by atoms with Gasteiger partial charge in [0, 0.05) is 26.1 Å². The highest BCUT2D eigenvalue weighted by atomic mass is 32.1. The molecule has 1 amide bonds. The van der Waals surface area contributed by atoms with E-state index < -0.39 is 17.2 Å². The molecule has 1 unspecified atom stereocenters. The minimum Gasteiger partial charge on any atom is -0.341 e. The Morgan fingerprint density at radius 1 is 1.29 bits per heavy atom. The number of carbonyl (C=O) groups is 1. The van der Waals surface area contributed by atoms with Crippen LogP contribution in [0.25, 0.3) is 0 Å². The molecule has 0 saturated carbocycles. The number of nitrogens with one attached hydrogen (secondary N) is 1. The van der Waals surface area contributed by atoms with Crippen molar-refractivity contribution in [2.75, 3.05) is 13.1 Å². The van der Waals surface area contributed by atoms with E-state index in [0.717, 1.165) is 30.8 Å². The number of H-pyrrole nitrogens is 1. The van der Waals surface area contributed by atoms with Crippen molar-refractivity contribution in [2.45, 2.75) is 44.2 Å². The second-order valence-electron chi connectivity index (χ2n) is 7.74. The Kier molecular flexibility index (Phi) is 5.40. The molecule has 28 heavy (non-hydrogen) atoms. The number of rotatable bonds is 3. The first-order valence-corrected chi connectivity index (χ1v) is 9.51. The number of carbonyl (C=O) groups excluding carboxylic acids is 1. The van der Waals surface area contributed by atoms with Crippen molar-refractivity contribution in [1.29, 1.82) is 0 Å². The summed E-state index contributed by atoms with van der Waals surface area (Å²) in [5.74, 6) is 0.639. The second kappa shape index (κ2) is 7.35. The third-order valence-corrected chi connectivity index (χ3v) is 5.80. The monoisotopic (exact) mass is 412 g/mol. The number of piperidine rings is 1. The maximum absolute atomic E-state index is 13.2. The van der Waals surface area contributed by atoms with Crippen LogP contribution in [0.3, 0.4) is 0 Å². The molecule has 5 nitrogen and oxygen atoms in total. The summed E-state index contributed by atoms with van der Waals surface area (Å²) in [6.45, 7) is 4.38. The van der Waals surface area contributed by atoms with E-state index in [1.807, 2.05) is 7.05 Å². The van der Waals surface area contributed by atoms with Crippen LogP contribution in [0.2, 0.25) is 0 Å². The van der Waals surface area contributed by atoms with Gasteiger partial charge in [-0.1, -0.05) is 18.2 Å².